The van der Waals surface area contributed by atoms with Crippen molar-refractivity contribution >= 4 is 27.4 Å². The Morgan fingerprint density at radius 3 is 2.58 bits per heavy atom. The Balaban J connectivity index is 1.62. The second-order valence-corrected chi connectivity index (χ2v) is 7.61. The van der Waals surface area contributed by atoms with Crippen LogP contribution in [0, 0.1) is 0 Å². The number of nitrogens with one attached hydrogen (secondary N) is 1. The second kappa shape index (κ2) is 6.50. The Bertz CT molecular complexity index is 1000. The van der Waals surface area contributed by atoms with Crippen LogP contribution in [0.25, 0.3) is 10.2 Å². The molecule has 0 fully saturated rings. The maximum atomic E-state index is 4.62. The summed E-state index contributed by atoms with van der Waals surface area (Å²) >= 11 is 1.82. The SMILES string of the molecule is c1ccc([C@H](Nc2ncnc3sc4c(c23)CCC4)c2ccncc2)cc1. The topological polar surface area (TPSA) is 50.7 Å². The molecule has 5 rings (SSSR count). The van der Waals surface area contributed by atoms with Gasteiger partial charge in [0.15, 0.2) is 0 Å². The highest BCUT2D eigenvalue weighted by Gasteiger charge is 2.23. The minimum absolute atomic E-state index is 0.0225. The van der Waals surface area contributed by atoms with Gasteiger partial charge in [0.05, 0.1) is 11.4 Å². The number of hydrogen-bond donors (Lipinski definition) is 1. The molecule has 1 aromatic carbocycles. The summed E-state index contributed by atoms with van der Waals surface area (Å²) in [4.78, 5) is 15.9. The number of benzene rings is 1. The lowest BCUT2D eigenvalue weighted by molar-refractivity contribution is 0.912. The molecule has 0 bridgehead atoms. The van der Waals surface area contributed by atoms with Gasteiger partial charge in [-0.25, -0.2) is 9.97 Å². The van der Waals surface area contributed by atoms with E-state index >= 15 is 0 Å². The molecule has 4 aromatic rings. The number of anilines is 1. The highest BCUT2D eigenvalue weighted by atomic mass is 32.1. The fourth-order valence-corrected chi connectivity index (χ4v) is 4.96. The van der Waals surface area contributed by atoms with E-state index in [1.807, 2.05) is 29.8 Å². The van der Waals surface area contributed by atoms with Crippen LogP contribution >= 0.6 is 11.3 Å². The van der Waals surface area contributed by atoms with Crippen LogP contribution in [-0.4, -0.2) is 15.0 Å². The third-order valence-corrected chi connectivity index (χ3v) is 6.15. The van der Waals surface area contributed by atoms with Gasteiger partial charge in [0.2, 0.25) is 0 Å². The lowest BCUT2D eigenvalue weighted by atomic mass is 9.99. The molecular weight excluding hydrogens is 340 g/mol. The van der Waals surface area contributed by atoms with Crippen molar-refractivity contribution < 1.29 is 0 Å². The van der Waals surface area contributed by atoms with Crippen molar-refractivity contribution in [2.75, 3.05) is 5.32 Å². The van der Waals surface area contributed by atoms with Crippen LogP contribution in [0.5, 0.6) is 0 Å². The van der Waals surface area contributed by atoms with Crippen LogP contribution in [0.4, 0.5) is 5.82 Å². The molecule has 0 spiro atoms. The van der Waals surface area contributed by atoms with Gasteiger partial charge in [-0.2, -0.15) is 0 Å². The Labute approximate surface area is 156 Å². The number of aryl methyl sites for hydroxylation is 2. The van der Waals surface area contributed by atoms with Crippen molar-refractivity contribution in [1.29, 1.82) is 0 Å². The molecule has 0 aliphatic heterocycles. The first-order valence-corrected chi connectivity index (χ1v) is 9.68. The van der Waals surface area contributed by atoms with Gasteiger partial charge in [0, 0.05) is 17.3 Å². The summed E-state index contributed by atoms with van der Waals surface area (Å²) in [6.45, 7) is 0. The van der Waals surface area contributed by atoms with E-state index in [9.17, 15) is 0 Å². The van der Waals surface area contributed by atoms with Gasteiger partial charge in [-0.3, -0.25) is 4.98 Å². The summed E-state index contributed by atoms with van der Waals surface area (Å²) in [5.74, 6) is 0.931. The van der Waals surface area contributed by atoms with Crippen LogP contribution in [0.2, 0.25) is 0 Å². The molecule has 1 N–H and O–H groups in total. The molecule has 3 aromatic heterocycles. The molecule has 0 radical (unpaired) electrons. The zero-order chi connectivity index (χ0) is 17.3. The minimum Gasteiger partial charge on any atom is -0.358 e. The lowest BCUT2D eigenvalue weighted by Gasteiger charge is -2.21. The fourth-order valence-electron chi connectivity index (χ4n) is 3.74. The summed E-state index contributed by atoms with van der Waals surface area (Å²) in [6.07, 6.45) is 8.88. The van der Waals surface area contributed by atoms with E-state index in [2.05, 4.69) is 56.7 Å². The van der Waals surface area contributed by atoms with Gasteiger partial charge in [-0.05, 0) is 48.1 Å². The van der Waals surface area contributed by atoms with Gasteiger partial charge in [-0.1, -0.05) is 30.3 Å². The Kier molecular flexibility index (Phi) is 3.87. The van der Waals surface area contributed by atoms with Crippen molar-refractivity contribution in [2.24, 2.45) is 0 Å². The molecule has 5 heteroatoms. The van der Waals surface area contributed by atoms with Crippen LogP contribution in [0.3, 0.4) is 0 Å². The molecule has 4 nitrogen and oxygen atoms in total. The van der Waals surface area contributed by atoms with E-state index in [1.54, 1.807) is 6.33 Å². The summed E-state index contributed by atoms with van der Waals surface area (Å²) < 4.78 is 0. The first-order valence-electron chi connectivity index (χ1n) is 8.87. The molecule has 128 valence electrons. The Hall–Kier alpha value is -2.79. The van der Waals surface area contributed by atoms with Crippen molar-refractivity contribution in [3.63, 3.8) is 0 Å². The van der Waals surface area contributed by atoms with Gasteiger partial charge in [0.25, 0.3) is 0 Å². The Morgan fingerprint density at radius 2 is 1.73 bits per heavy atom. The molecule has 1 aliphatic rings. The summed E-state index contributed by atoms with van der Waals surface area (Å²) in [7, 11) is 0. The van der Waals surface area contributed by atoms with Crippen LogP contribution < -0.4 is 5.32 Å². The first kappa shape index (κ1) is 15.5. The molecule has 1 aliphatic carbocycles. The second-order valence-electron chi connectivity index (χ2n) is 6.53. The number of thiophene rings is 1. The maximum Gasteiger partial charge on any atom is 0.139 e. The predicted octanol–water partition coefficient (Wildman–Crippen LogP) is 4.78. The molecule has 0 saturated carbocycles. The van der Waals surface area contributed by atoms with E-state index < -0.39 is 0 Å². The van der Waals surface area contributed by atoms with E-state index in [0.29, 0.717) is 0 Å². The molecule has 0 amide bonds. The number of rotatable bonds is 4. The van der Waals surface area contributed by atoms with E-state index in [1.165, 1.54) is 39.8 Å². The zero-order valence-corrected chi connectivity index (χ0v) is 15.0. The highest BCUT2D eigenvalue weighted by molar-refractivity contribution is 7.19. The van der Waals surface area contributed by atoms with E-state index in [-0.39, 0.29) is 6.04 Å². The summed E-state index contributed by atoms with van der Waals surface area (Å²) in [6, 6.07) is 14.6. The number of pyridine rings is 1. The third kappa shape index (κ3) is 2.65. The number of aromatic nitrogens is 3. The molecular formula is C21H18N4S. The molecule has 1 atom stereocenters. The van der Waals surface area contributed by atoms with E-state index in [4.69, 9.17) is 0 Å². The molecule has 0 saturated heterocycles. The van der Waals surface area contributed by atoms with Crippen molar-refractivity contribution in [3.05, 3.63) is 82.8 Å². The Morgan fingerprint density at radius 1 is 0.923 bits per heavy atom. The smallest absolute Gasteiger partial charge is 0.139 e. The zero-order valence-electron chi connectivity index (χ0n) is 14.2. The van der Waals surface area contributed by atoms with Gasteiger partial charge in [0.1, 0.15) is 17.0 Å². The largest absolute Gasteiger partial charge is 0.358 e. The molecule has 26 heavy (non-hydrogen) atoms. The highest BCUT2D eigenvalue weighted by Crippen LogP contribution is 2.40. The average molecular weight is 358 g/mol. The monoisotopic (exact) mass is 358 g/mol. The van der Waals surface area contributed by atoms with Gasteiger partial charge >= 0.3 is 0 Å². The summed E-state index contributed by atoms with van der Waals surface area (Å²) in [5, 5.41) is 4.91. The van der Waals surface area contributed by atoms with Crippen molar-refractivity contribution in [2.45, 2.75) is 25.3 Å². The standard InChI is InChI=1S/C21H18N4S/c1-2-5-14(6-3-1)19(15-9-11-22-12-10-15)25-20-18-16-7-4-8-17(16)26-21(18)24-13-23-20/h1-3,5-6,9-13,19H,4,7-8H2,(H,23,24,25)/t19-/m0/s1. The van der Waals surface area contributed by atoms with Gasteiger partial charge < -0.3 is 5.32 Å². The average Bonchev–Trinajstić information content (AvgIpc) is 3.29. The van der Waals surface area contributed by atoms with Crippen LogP contribution in [0.15, 0.2) is 61.2 Å². The fraction of sp³-hybridized carbons (Fsp3) is 0.190. The van der Waals surface area contributed by atoms with Gasteiger partial charge in [-0.15, -0.1) is 11.3 Å². The van der Waals surface area contributed by atoms with E-state index in [0.717, 1.165) is 17.1 Å². The molecule has 0 unspecified atom stereocenters. The predicted molar refractivity (Wildman–Crippen MR) is 106 cm³/mol. The summed E-state index contributed by atoms with van der Waals surface area (Å²) in [5.41, 5.74) is 3.82. The van der Waals surface area contributed by atoms with Crippen LogP contribution in [0.1, 0.15) is 34.0 Å². The van der Waals surface area contributed by atoms with Crippen molar-refractivity contribution in [3.8, 4) is 0 Å². The van der Waals surface area contributed by atoms with Crippen LogP contribution in [-0.2, 0) is 12.8 Å². The number of nitrogens with zero attached hydrogens (tertiary/aromatic N) is 3. The molecule has 3 heterocycles. The normalized spacial score (nSPS) is 14.3. The quantitative estimate of drug-likeness (QED) is 0.570. The minimum atomic E-state index is 0.0225. The van der Waals surface area contributed by atoms with Crippen molar-refractivity contribution in [1.82, 2.24) is 15.0 Å². The number of hydrogen-bond acceptors (Lipinski definition) is 5. The lowest BCUT2D eigenvalue weighted by Crippen LogP contribution is -2.14. The number of fused-ring (bicyclic) bond motifs is 3. The first-order chi connectivity index (χ1) is 12.9. The maximum absolute atomic E-state index is 4.62. The third-order valence-electron chi connectivity index (χ3n) is 4.95.